The lowest BCUT2D eigenvalue weighted by Gasteiger charge is -2.22. The highest BCUT2D eigenvalue weighted by Crippen LogP contribution is 2.51. The quantitative estimate of drug-likeness (QED) is 0.776. The molecule has 0 radical (unpaired) electrons. The number of nitrogens with one attached hydrogen (secondary N) is 1. The van der Waals surface area contributed by atoms with Crippen molar-refractivity contribution in [2.75, 3.05) is 17.6 Å². The number of nitrogens with two attached hydrogens (primary N) is 1. The number of aryl methyl sites for hydroxylation is 2. The Morgan fingerprint density at radius 3 is 2.35 bits per heavy atom. The molecule has 0 amide bonds. The Kier molecular flexibility index (Phi) is 3.07. The van der Waals surface area contributed by atoms with Gasteiger partial charge in [-0.3, -0.25) is 0 Å². The molecule has 0 atom stereocenters. The molecular weight excluding hydrogens is 208 g/mol. The van der Waals surface area contributed by atoms with Gasteiger partial charge in [0, 0.05) is 6.54 Å². The number of anilines is 2. The third kappa shape index (κ3) is 2.41. The van der Waals surface area contributed by atoms with Gasteiger partial charge in [0.2, 0.25) is 0 Å². The van der Waals surface area contributed by atoms with Crippen LogP contribution in [-0.2, 0) is 0 Å². The number of benzene rings is 1. The van der Waals surface area contributed by atoms with Gasteiger partial charge in [-0.25, -0.2) is 0 Å². The molecule has 2 nitrogen and oxygen atoms in total. The van der Waals surface area contributed by atoms with Gasteiger partial charge in [-0.05, 0) is 61.3 Å². The highest BCUT2D eigenvalue weighted by atomic mass is 14.9. The zero-order chi connectivity index (χ0) is 12.6. The Morgan fingerprint density at radius 2 is 1.82 bits per heavy atom. The Labute approximate surface area is 105 Å². The summed E-state index contributed by atoms with van der Waals surface area (Å²) in [6.45, 7) is 9.93. The summed E-state index contributed by atoms with van der Waals surface area (Å²) >= 11 is 0. The van der Waals surface area contributed by atoms with E-state index in [4.69, 9.17) is 5.73 Å². The van der Waals surface area contributed by atoms with Crippen LogP contribution < -0.4 is 11.1 Å². The fourth-order valence-corrected chi connectivity index (χ4v) is 2.38. The second-order valence-corrected chi connectivity index (χ2v) is 5.89. The van der Waals surface area contributed by atoms with Crippen molar-refractivity contribution in [3.63, 3.8) is 0 Å². The van der Waals surface area contributed by atoms with Crippen molar-refractivity contribution in [3.05, 3.63) is 23.3 Å². The summed E-state index contributed by atoms with van der Waals surface area (Å²) in [6, 6.07) is 4.23. The van der Waals surface area contributed by atoms with Crippen LogP contribution in [0.3, 0.4) is 0 Å². The monoisotopic (exact) mass is 232 g/mol. The number of hydrogen-bond donors (Lipinski definition) is 2. The summed E-state index contributed by atoms with van der Waals surface area (Å²) in [5, 5.41) is 3.54. The van der Waals surface area contributed by atoms with Gasteiger partial charge in [0.05, 0.1) is 11.4 Å². The van der Waals surface area contributed by atoms with Crippen LogP contribution >= 0.6 is 0 Å². The van der Waals surface area contributed by atoms with E-state index in [1.54, 1.807) is 0 Å². The van der Waals surface area contributed by atoms with Crippen LogP contribution in [0.15, 0.2) is 12.1 Å². The van der Waals surface area contributed by atoms with Crippen LogP contribution in [0, 0.1) is 25.2 Å². The minimum Gasteiger partial charge on any atom is -0.397 e. The minimum absolute atomic E-state index is 0.519. The van der Waals surface area contributed by atoms with Gasteiger partial charge in [0.1, 0.15) is 0 Å². The maximum atomic E-state index is 6.05. The fraction of sp³-hybridized carbons (Fsp3) is 0.600. The smallest absolute Gasteiger partial charge is 0.0576 e. The molecule has 2 rings (SSSR count). The van der Waals surface area contributed by atoms with Crippen molar-refractivity contribution in [2.45, 2.75) is 40.5 Å². The van der Waals surface area contributed by atoms with E-state index in [0.29, 0.717) is 5.41 Å². The molecular formula is C15H24N2. The average Bonchev–Trinajstić information content (AvgIpc) is 3.02. The Bertz CT molecular complexity index is 417. The van der Waals surface area contributed by atoms with E-state index in [9.17, 15) is 0 Å². The Morgan fingerprint density at radius 1 is 1.24 bits per heavy atom. The van der Waals surface area contributed by atoms with Gasteiger partial charge in [0.15, 0.2) is 0 Å². The number of rotatable bonds is 4. The van der Waals surface area contributed by atoms with E-state index in [1.165, 1.54) is 24.0 Å². The third-order valence-electron chi connectivity index (χ3n) is 4.41. The number of hydrogen-bond acceptors (Lipinski definition) is 2. The first-order chi connectivity index (χ1) is 7.94. The first-order valence-electron chi connectivity index (χ1n) is 6.55. The van der Waals surface area contributed by atoms with Gasteiger partial charge in [-0.2, -0.15) is 0 Å². The fourth-order valence-electron chi connectivity index (χ4n) is 2.38. The molecule has 0 unspecified atom stereocenters. The molecule has 2 heteroatoms. The summed E-state index contributed by atoms with van der Waals surface area (Å²) in [7, 11) is 0. The standard InChI is InChI=1S/C15H24N2/c1-10(2)15(5-6-15)9-17-14-8-12(4)11(3)7-13(14)16/h7-8,10,17H,5-6,9,16H2,1-4H3. The van der Waals surface area contributed by atoms with E-state index in [0.717, 1.165) is 23.8 Å². The third-order valence-corrected chi connectivity index (χ3v) is 4.41. The van der Waals surface area contributed by atoms with Crippen molar-refractivity contribution >= 4 is 11.4 Å². The highest BCUT2D eigenvalue weighted by molar-refractivity contribution is 5.68. The molecule has 1 fully saturated rings. The summed E-state index contributed by atoms with van der Waals surface area (Å²) in [5.74, 6) is 0.753. The summed E-state index contributed by atoms with van der Waals surface area (Å²) in [5.41, 5.74) is 11.1. The molecule has 1 aliphatic rings. The molecule has 0 heterocycles. The van der Waals surface area contributed by atoms with Gasteiger partial charge in [-0.15, -0.1) is 0 Å². The van der Waals surface area contributed by atoms with E-state index in [-0.39, 0.29) is 0 Å². The molecule has 1 aromatic rings. The largest absolute Gasteiger partial charge is 0.397 e. The summed E-state index contributed by atoms with van der Waals surface area (Å²) in [6.07, 6.45) is 2.70. The van der Waals surface area contributed by atoms with E-state index < -0.39 is 0 Å². The van der Waals surface area contributed by atoms with Gasteiger partial charge >= 0.3 is 0 Å². The first-order valence-corrected chi connectivity index (χ1v) is 6.55. The maximum absolute atomic E-state index is 6.05. The highest BCUT2D eigenvalue weighted by Gasteiger charge is 2.44. The van der Waals surface area contributed by atoms with Crippen LogP contribution in [0.5, 0.6) is 0 Å². The molecule has 1 aliphatic carbocycles. The van der Waals surface area contributed by atoms with Gasteiger partial charge in [0.25, 0.3) is 0 Å². The molecule has 1 aromatic carbocycles. The molecule has 0 spiro atoms. The lowest BCUT2D eigenvalue weighted by atomic mass is 9.92. The van der Waals surface area contributed by atoms with Crippen molar-refractivity contribution < 1.29 is 0 Å². The lowest BCUT2D eigenvalue weighted by molar-refractivity contribution is 0.380. The van der Waals surface area contributed by atoms with E-state index in [1.807, 2.05) is 0 Å². The van der Waals surface area contributed by atoms with Crippen molar-refractivity contribution in [1.82, 2.24) is 0 Å². The molecule has 0 aromatic heterocycles. The maximum Gasteiger partial charge on any atom is 0.0576 e. The second-order valence-electron chi connectivity index (χ2n) is 5.89. The molecule has 1 saturated carbocycles. The average molecular weight is 232 g/mol. The molecule has 17 heavy (non-hydrogen) atoms. The minimum atomic E-state index is 0.519. The Balaban J connectivity index is 2.07. The van der Waals surface area contributed by atoms with E-state index in [2.05, 4.69) is 45.1 Å². The molecule has 0 bridgehead atoms. The summed E-state index contributed by atoms with van der Waals surface area (Å²) < 4.78 is 0. The zero-order valence-electron chi connectivity index (χ0n) is 11.4. The van der Waals surface area contributed by atoms with Crippen molar-refractivity contribution in [3.8, 4) is 0 Å². The zero-order valence-corrected chi connectivity index (χ0v) is 11.4. The molecule has 0 aliphatic heterocycles. The normalized spacial score (nSPS) is 17.2. The van der Waals surface area contributed by atoms with Crippen LogP contribution in [0.25, 0.3) is 0 Å². The summed E-state index contributed by atoms with van der Waals surface area (Å²) in [4.78, 5) is 0. The van der Waals surface area contributed by atoms with Crippen LogP contribution in [0.4, 0.5) is 11.4 Å². The second kappa shape index (κ2) is 4.25. The SMILES string of the molecule is Cc1cc(N)c(NCC2(C(C)C)CC2)cc1C. The lowest BCUT2D eigenvalue weighted by Crippen LogP contribution is -2.21. The van der Waals surface area contributed by atoms with Crippen LogP contribution in [-0.4, -0.2) is 6.54 Å². The van der Waals surface area contributed by atoms with Gasteiger partial charge < -0.3 is 11.1 Å². The van der Waals surface area contributed by atoms with E-state index >= 15 is 0 Å². The molecule has 0 saturated heterocycles. The predicted molar refractivity (Wildman–Crippen MR) is 75.3 cm³/mol. The molecule has 94 valence electrons. The number of nitrogen functional groups attached to an aromatic ring is 1. The van der Waals surface area contributed by atoms with Gasteiger partial charge in [-0.1, -0.05) is 13.8 Å². The first kappa shape index (κ1) is 12.3. The predicted octanol–water partition coefficient (Wildman–Crippen LogP) is 3.73. The topological polar surface area (TPSA) is 38.0 Å². The Hall–Kier alpha value is -1.18. The van der Waals surface area contributed by atoms with Crippen molar-refractivity contribution in [1.29, 1.82) is 0 Å². The van der Waals surface area contributed by atoms with Crippen LogP contribution in [0.1, 0.15) is 37.8 Å². The van der Waals surface area contributed by atoms with Crippen molar-refractivity contribution in [2.24, 2.45) is 11.3 Å². The van der Waals surface area contributed by atoms with Crippen LogP contribution in [0.2, 0.25) is 0 Å². The molecule has 3 N–H and O–H groups in total.